The lowest BCUT2D eigenvalue weighted by atomic mass is 10.1. The molecule has 1 aromatic rings. The van der Waals surface area contributed by atoms with Gasteiger partial charge in [0.25, 0.3) is 0 Å². The van der Waals surface area contributed by atoms with E-state index in [1.807, 2.05) is 31.2 Å². The van der Waals surface area contributed by atoms with Crippen LogP contribution in [0.2, 0.25) is 0 Å². The minimum Gasteiger partial charge on any atom is -0.376 e. The lowest BCUT2D eigenvalue weighted by molar-refractivity contribution is 0.00221. The number of nitrogens with one attached hydrogen (secondary N) is 1. The number of benzene rings is 1. The van der Waals surface area contributed by atoms with Crippen molar-refractivity contribution in [3.8, 4) is 0 Å². The highest BCUT2D eigenvalue weighted by atomic mass is 16.5. The van der Waals surface area contributed by atoms with Gasteiger partial charge in [0.05, 0.1) is 6.10 Å². The van der Waals surface area contributed by atoms with Crippen LogP contribution >= 0.6 is 0 Å². The molecule has 0 aliphatic carbocycles. The van der Waals surface area contributed by atoms with Crippen LogP contribution in [0.5, 0.6) is 0 Å². The molecule has 1 fully saturated rings. The fraction of sp³-hybridized carbons (Fsp3) is 0.562. The van der Waals surface area contributed by atoms with Crippen LogP contribution in [-0.4, -0.2) is 36.7 Å². The molecule has 1 atom stereocenters. The molecule has 0 radical (unpaired) electrons. The number of urea groups is 1. The molecular weight excluding hydrogens is 266 g/mol. The van der Waals surface area contributed by atoms with Gasteiger partial charge in [-0.1, -0.05) is 12.1 Å². The van der Waals surface area contributed by atoms with Crippen molar-refractivity contribution in [3.05, 3.63) is 29.8 Å². The Labute approximate surface area is 126 Å². The van der Waals surface area contributed by atoms with Gasteiger partial charge in [0.2, 0.25) is 0 Å². The number of nitrogens with zero attached hydrogens (tertiary/aromatic N) is 1. The van der Waals surface area contributed by atoms with Gasteiger partial charge in [-0.2, -0.15) is 0 Å². The second-order valence-electron chi connectivity index (χ2n) is 5.36. The quantitative estimate of drug-likeness (QED) is 0.876. The summed E-state index contributed by atoms with van der Waals surface area (Å²) in [6.07, 6.45) is 3.51. The van der Waals surface area contributed by atoms with Gasteiger partial charge in [-0.15, -0.1) is 0 Å². The summed E-state index contributed by atoms with van der Waals surface area (Å²) in [6.45, 7) is 4.58. The minimum atomic E-state index is -0.0826. The topological polar surface area (TPSA) is 67.6 Å². The molecule has 0 spiro atoms. The standard InChI is InChI=1S/C16H25N3O2/c1-2-19(12-15-8-3-4-9-21-15)16(20)18-14-7-5-6-13(10-14)11-17/h5-7,10,15H,2-4,8-9,11-12,17H2,1H3,(H,18,20). The van der Waals surface area contributed by atoms with Crippen molar-refractivity contribution in [1.82, 2.24) is 4.90 Å². The highest BCUT2D eigenvalue weighted by molar-refractivity contribution is 5.89. The Morgan fingerprint density at radius 1 is 1.48 bits per heavy atom. The summed E-state index contributed by atoms with van der Waals surface area (Å²) in [5, 5.41) is 2.93. The zero-order valence-corrected chi connectivity index (χ0v) is 12.7. The Kier molecular flexibility index (Phi) is 6.02. The number of carbonyl (C=O) groups is 1. The first-order valence-electron chi connectivity index (χ1n) is 7.69. The summed E-state index contributed by atoms with van der Waals surface area (Å²) >= 11 is 0. The van der Waals surface area contributed by atoms with E-state index in [2.05, 4.69) is 5.32 Å². The molecule has 1 heterocycles. The number of ether oxygens (including phenoxy) is 1. The maximum absolute atomic E-state index is 12.3. The van der Waals surface area contributed by atoms with Crippen LogP contribution in [0.1, 0.15) is 31.7 Å². The van der Waals surface area contributed by atoms with Gasteiger partial charge in [0.15, 0.2) is 0 Å². The lowest BCUT2D eigenvalue weighted by Gasteiger charge is -2.29. The number of hydrogen-bond donors (Lipinski definition) is 2. The zero-order chi connectivity index (χ0) is 15.1. The van der Waals surface area contributed by atoms with E-state index in [-0.39, 0.29) is 12.1 Å². The SMILES string of the molecule is CCN(CC1CCCCO1)C(=O)Nc1cccc(CN)c1. The van der Waals surface area contributed by atoms with Gasteiger partial charge in [-0.3, -0.25) is 0 Å². The van der Waals surface area contributed by atoms with Crippen molar-refractivity contribution >= 4 is 11.7 Å². The van der Waals surface area contributed by atoms with Gasteiger partial charge in [-0.05, 0) is 43.9 Å². The first-order chi connectivity index (χ1) is 10.2. The second kappa shape index (κ2) is 8.00. The fourth-order valence-electron chi connectivity index (χ4n) is 2.53. The molecule has 2 amide bonds. The second-order valence-corrected chi connectivity index (χ2v) is 5.36. The smallest absolute Gasteiger partial charge is 0.321 e. The van der Waals surface area contributed by atoms with Crippen LogP contribution in [0.4, 0.5) is 10.5 Å². The van der Waals surface area contributed by atoms with Crippen molar-refractivity contribution in [2.45, 2.75) is 38.8 Å². The van der Waals surface area contributed by atoms with Crippen LogP contribution in [0.3, 0.4) is 0 Å². The number of nitrogens with two attached hydrogens (primary N) is 1. The highest BCUT2D eigenvalue weighted by Gasteiger charge is 2.20. The van der Waals surface area contributed by atoms with E-state index < -0.39 is 0 Å². The maximum atomic E-state index is 12.3. The summed E-state index contributed by atoms with van der Waals surface area (Å²) in [5.41, 5.74) is 7.41. The number of amides is 2. The lowest BCUT2D eigenvalue weighted by Crippen LogP contribution is -2.41. The molecular formula is C16H25N3O2. The molecule has 5 heteroatoms. The summed E-state index contributed by atoms with van der Waals surface area (Å²) < 4.78 is 5.71. The predicted molar refractivity (Wildman–Crippen MR) is 84.2 cm³/mol. The van der Waals surface area contributed by atoms with Gasteiger partial charge >= 0.3 is 6.03 Å². The maximum Gasteiger partial charge on any atom is 0.321 e. The zero-order valence-electron chi connectivity index (χ0n) is 12.7. The first kappa shape index (κ1) is 15.8. The van der Waals surface area contributed by atoms with Crippen molar-refractivity contribution in [2.75, 3.05) is 25.0 Å². The predicted octanol–water partition coefficient (Wildman–Crippen LogP) is 2.57. The first-order valence-corrected chi connectivity index (χ1v) is 7.69. The third kappa shape index (κ3) is 4.72. The van der Waals surface area contributed by atoms with E-state index in [1.54, 1.807) is 4.90 Å². The van der Waals surface area contributed by atoms with Gasteiger partial charge in [0.1, 0.15) is 0 Å². The molecule has 5 nitrogen and oxygen atoms in total. The Morgan fingerprint density at radius 3 is 3.00 bits per heavy atom. The monoisotopic (exact) mass is 291 g/mol. The van der Waals surface area contributed by atoms with Crippen LogP contribution < -0.4 is 11.1 Å². The van der Waals surface area contributed by atoms with Gasteiger partial charge < -0.3 is 20.7 Å². The van der Waals surface area contributed by atoms with Crippen LogP contribution in [-0.2, 0) is 11.3 Å². The van der Waals surface area contributed by atoms with E-state index in [1.165, 1.54) is 6.42 Å². The molecule has 0 bridgehead atoms. The molecule has 116 valence electrons. The molecule has 21 heavy (non-hydrogen) atoms. The summed E-state index contributed by atoms with van der Waals surface area (Å²) in [4.78, 5) is 14.1. The Morgan fingerprint density at radius 2 is 2.33 bits per heavy atom. The Hall–Kier alpha value is -1.59. The number of likely N-dealkylation sites (N-methyl/N-ethyl adjacent to an activating group) is 1. The van der Waals surface area contributed by atoms with Crippen molar-refractivity contribution in [3.63, 3.8) is 0 Å². The summed E-state index contributed by atoms with van der Waals surface area (Å²) in [5.74, 6) is 0. The number of hydrogen-bond acceptors (Lipinski definition) is 3. The molecule has 1 aliphatic rings. The van der Waals surface area contributed by atoms with E-state index in [0.29, 0.717) is 19.6 Å². The van der Waals surface area contributed by atoms with Gasteiger partial charge in [-0.25, -0.2) is 4.79 Å². The summed E-state index contributed by atoms with van der Waals surface area (Å²) in [7, 11) is 0. The van der Waals surface area contributed by atoms with Crippen molar-refractivity contribution in [2.24, 2.45) is 5.73 Å². The number of carbonyl (C=O) groups excluding carboxylic acids is 1. The van der Waals surface area contributed by atoms with Crippen LogP contribution in [0.15, 0.2) is 24.3 Å². The number of rotatable bonds is 5. The average Bonchev–Trinajstić information content (AvgIpc) is 2.53. The molecule has 1 unspecified atom stereocenters. The van der Waals surface area contributed by atoms with E-state index in [9.17, 15) is 4.79 Å². The number of anilines is 1. The van der Waals surface area contributed by atoms with Crippen molar-refractivity contribution < 1.29 is 9.53 Å². The van der Waals surface area contributed by atoms with E-state index in [4.69, 9.17) is 10.5 Å². The Balaban J connectivity index is 1.92. The third-order valence-electron chi connectivity index (χ3n) is 3.78. The highest BCUT2D eigenvalue weighted by Crippen LogP contribution is 2.15. The van der Waals surface area contributed by atoms with Crippen LogP contribution in [0, 0.1) is 0 Å². The molecule has 3 N–H and O–H groups in total. The van der Waals surface area contributed by atoms with Crippen molar-refractivity contribution in [1.29, 1.82) is 0 Å². The normalized spacial score (nSPS) is 18.3. The fourth-order valence-corrected chi connectivity index (χ4v) is 2.53. The van der Waals surface area contributed by atoms with E-state index >= 15 is 0 Å². The molecule has 1 saturated heterocycles. The van der Waals surface area contributed by atoms with Gasteiger partial charge in [0, 0.05) is 31.9 Å². The molecule has 0 aromatic heterocycles. The molecule has 1 aromatic carbocycles. The minimum absolute atomic E-state index is 0.0826. The van der Waals surface area contributed by atoms with Crippen LogP contribution in [0.25, 0.3) is 0 Å². The molecule has 2 rings (SSSR count). The largest absolute Gasteiger partial charge is 0.376 e. The average molecular weight is 291 g/mol. The molecule has 0 saturated carbocycles. The summed E-state index contributed by atoms with van der Waals surface area (Å²) in [6, 6.07) is 7.55. The third-order valence-corrected chi connectivity index (χ3v) is 3.78. The Bertz CT molecular complexity index is 459. The molecule has 1 aliphatic heterocycles. The van der Waals surface area contributed by atoms with E-state index in [0.717, 1.165) is 30.7 Å².